The molecule has 0 unspecified atom stereocenters. The van der Waals surface area contributed by atoms with Gasteiger partial charge >= 0.3 is 6.36 Å². The highest BCUT2D eigenvalue weighted by atomic mass is 32.1. The third-order valence-electron chi connectivity index (χ3n) is 5.28. The molecule has 0 aliphatic carbocycles. The van der Waals surface area contributed by atoms with E-state index in [9.17, 15) is 13.2 Å². The maximum atomic E-state index is 12.4. The fraction of sp³-hybridized carbons (Fsp3) is 0.154. The molecule has 0 fully saturated rings. The first kappa shape index (κ1) is 25.8. The average Bonchev–Trinajstić information content (AvgIpc) is 3.37. The number of rotatable bonds is 9. The van der Waals surface area contributed by atoms with Crippen molar-refractivity contribution in [2.24, 2.45) is 5.10 Å². The molecule has 1 aromatic heterocycles. The summed E-state index contributed by atoms with van der Waals surface area (Å²) in [6.07, 6.45) is -1.54. The molecule has 1 heterocycles. The molecule has 0 radical (unpaired) electrons. The number of thiocarbonyl (C=S) groups is 1. The Morgan fingerprint density at radius 2 is 1.73 bits per heavy atom. The summed E-state index contributed by atoms with van der Waals surface area (Å²) in [5.74, 6) is 0.466. The van der Waals surface area contributed by atoms with Crippen molar-refractivity contribution < 1.29 is 17.9 Å². The monoisotopic (exact) mass is 524 g/mol. The van der Waals surface area contributed by atoms with Gasteiger partial charge in [0, 0.05) is 5.56 Å². The first-order valence-corrected chi connectivity index (χ1v) is 11.7. The van der Waals surface area contributed by atoms with Gasteiger partial charge in [-0.25, -0.2) is 9.67 Å². The van der Waals surface area contributed by atoms with Crippen LogP contribution < -0.4 is 15.3 Å². The van der Waals surface area contributed by atoms with Crippen molar-refractivity contribution in [2.45, 2.75) is 26.1 Å². The van der Waals surface area contributed by atoms with Crippen LogP contribution in [0.3, 0.4) is 0 Å². The molecule has 0 atom stereocenters. The average molecular weight is 525 g/mol. The van der Waals surface area contributed by atoms with Gasteiger partial charge in [0.2, 0.25) is 0 Å². The van der Waals surface area contributed by atoms with Crippen molar-refractivity contribution >= 4 is 29.6 Å². The van der Waals surface area contributed by atoms with E-state index in [-0.39, 0.29) is 5.75 Å². The zero-order chi connectivity index (χ0) is 26.4. The van der Waals surface area contributed by atoms with Gasteiger partial charge in [-0.15, -0.1) is 18.3 Å². The van der Waals surface area contributed by atoms with Gasteiger partial charge in [-0.1, -0.05) is 68.5 Å². The summed E-state index contributed by atoms with van der Waals surface area (Å²) in [6, 6.07) is 20.8. The van der Waals surface area contributed by atoms with Crippen LogP contribution in [0.25, 0.3) is 17.1 Å². The van der Waals surface area contributed by atoms with E-state index in [1.165, 1.54) is 40.8 Å². The predicted molar refractivity (Wildman–Crippen MR) is 141 cm³/mol. The number of nitrogens with one attached hydrogen (secondary N) is 1. The van der Waals surface area contributed by atoms with E-state index in [4.69, 9.17) is 12.2 Å². The SMILES string of the molecule is CC(C)c1ccccc1N(/N=C/c1ccc(-c2ncn(-c3ccc(OC(F)(F)F)cc3)n2)cc1)NC=S. The molecule has 0 amide bonds. The second-order valence-electron chi connectivity index (χ2n) is 8.19. The number of aromatic nitrogens is 3. The summed E-state index contributed by atoms with van der Waals surface area (Å²) in [4.78, 5) is 4.31. The first-order chi connectivity index (χ1) is 17.7. The molecule has 1 N–H and O–H groups in total. The second kappa shape index (κ2) is 11.2. The summed E-state index contributed by atoms with van der Waals surface area (Å²) in [5.41, 5.74) is 8.57. The number of para-hydroxylation sites is 1. The van der Waals surface area contributed by atoms with Gasteiger partial charge in [0.25, 0.3) is 0 Å². The highest BCUT2D eigenvalue weighted by molar-refractivity contribution is 7.78. The minimum absolute atomic E-state index is 0.304. The normalized spacial score (nSPS) is 11.6. The van der Waals surface area contributed by atoms with E-state index < -0.39 is 6.36 Å². The predicted octanol–water partition coefficient (Wildman–Crippen LogP) is 6.26. The molecule has 0 saturated heterocycles. The number of hydrogen-bond donors (Lipinski definition) is 1. The largest absolute Gasteiger partial charge is 0.573 e. The number of anilines is 1. The molecule has 11 heteroatoms. The Morgan fingerprint density at radius 3 is 2.38 bits per heavy atom. The lowest BCUT2D eigenvalue weighted by atomic mass is 10.0. The standard InChI is InChI=1S/C26H23F3N6OS/c1-18(2)23-5-3-4-6-24(23)35(32-17-37)31-15-19-7-9-20(10-8-19)25-30-16-34(33-25)21-11-13-22(14-12-21)36-26(27,28)29/h3-18H,1-2H3,(H,32,37)/b31-15+. The van der Waals surface area contributed by atoms with Gasteiger partial charge in [-0.2, -0.15) is 10.2 Å². The zero-order valence-electron chi connectivity index (χ0n) is 19.9. The van der Waals surface area contributed by atoms with Crippen LogP contribution >= 0.6 is 12.2 Å². The lowest BCUT2D eigenvalue weighted by molar-refractivity contribution is -0.274. The van der Waals surface area contributed by atoms with Gasteiger partial charge in [-0.3, -0.25) is 5.43 Å². The molecular formula is C26H23F3N6OS. The molecule has 190 valence electrons. The molecule has 0 aliphatic rings. The van der Waals surface area contributed by atoms with Crippen LogP contribution in [0.1, 0.15) is 30.9 Å². The number of ether oxygens (including phenoxy) is 1. The molecule has 0 spiro atoms. The highest BCUT2D eigenvalue weighted by Gasteiger charge is 2.31. The van der Waals surface area contributed by atoms with Crippen molar-refractivity contribution in [3.8, 4) is 22.8 Å². The summed E-state index contributed by atoms with van der Waals surface area (Å²) < 4.78 is 42.5. The van der Waals surface area contributed by atoms with Crippen LogP contribution in [0.5, 0.6) is 5.75 Å². The Bertz CT molecular complexity index is 1370. The minimum Gasteiger partial charge on any atom is -0.406 e. The number of alkyl halides is 3. The Hall–Kier alpha value is -4.25. The zero-order valence-corrected chi connectivity index (χ0v) is 20.7. The smallest absolute Gasteiger partial charge is 0.406 e. The fourth-order valence-electron chi connectivity index (χ4n) is 3.55. The summed E-state index contributed by atoms with van der Waals surface area (Å²) in [5, 5.41) is 10.6. The molecule has 0 aliphatic heterocycles. The van der Waals surface area contributed by atoms with Crippen LogP contribution in [0.2, 0.25) is 0 Å². The van der Waals surface area contributed by atoms with Gasteiger partial charge in [0.15, 0.2) is 5.82 Å². The summed E-state index contributed by atoms with van der Waals surface area (Å²) >= 11 is 4.98. The van der Waals surface area contributed by atoms with E-state index in [1.807, 2.05) is 42.5 Å². The molecule has 7 nitrogen and oxygen atoms in total. The Morgan fingerprint density at radius 1 is 1.03 bits per heavy atom. The molecule has 4 aromatic rings. The maximum Gasteiger partial charge on any atom is 0.573 e. The van der Waals surface area contributed by atoms with Gasteiger partial charge in [-0.05, 0) is 47.4 Å². The van der Waals surface area contributed by atoms with Gasteiger partial charge in [0.1, 0.15) is 12.1 Å². The molecule has 3 aromatic carbocycles. The summed E-state index contributed by atoms with van der Waals surface area (Å²) in [7, 11) is 0. The first-order valence-electron chi connectivity index (χ1n) is 11.2. The van der Waals surface area contributed by atoms with E-state index in [0.717, 1.165) is 22.4 Å². The topological polar surface area (TPSA) is 67.6 Å². The Kier molecular flexibility index (Phi) is 7.83. The van der Waals surface area contributed by atoms with Crippen molar-refractivity contribution in [1.29, 1.82) is 0 Å². The van der Waals surface area contributed by atoms with Crippen molar-refractivity contribution in [2.75, 3.05) is 5.12 Å². The quantitative estimate of drug-likeness (QED) is 0.158. The van der Waals surface area contributed by atoms with Crippen molar-refractivity contribution in [3.05, 3.63) is 90.3 Å². The number of nitrogens with zero attached hydrogens (tertiary/aromatic N) is 5. The van der Waals surface area contributed by atoms with Gasteiger partial charge < -0.3 is 4.74 Å². The molecule has 37 heavy (non-hydrogen) atoms. The van der Waals surface area contributed by atoms with Gasteiger partial charge in [0.05, 0.1) is 23.1 Å². The number of hydrazone groups is 1. The van der Waals surface area contributed by atoms with E-state index in [2.05, 4.69) is 45.3 Å². The van der Waals surface area contributed by atoms with Crippen LogP contribution in [-0.2, 0) is 0 Å². The molecule has 4 rings (SSSR count). The van der Waals surface area contributed by atoms with Crippen LogP contribution in [0.4, 0.5) is 18.9 Å². The van der Waals surface area contributed by atoms with Crippen LogP contribution in [0.15, 0.2) is 84.2 Å². The van der Waals surface area contributed by atoms with Crippen molar-refractivity contribution in [1.82, 2.24) is 20.2 Å². The maximum absolute atomic E-state index is 12.4. The second-order valence-corrected chi connectivity index (χ2v) is 8.43. The Labute approximate surface area is 217 Å². The number of hydrogen-bond acceptors (Lipinski definition) is 6. The Balaban J connectivity index is 1.48. The highest BCUT2D eigenvalue weighted by Crippen LogP contribution is 2.27. The van der Waals surface area contributed by atoms with Crippen molar-refractivity contribution in [3.63, 3.8) is 0 Å². The number of halogens is 3. The van der Waals surface area contributed by atoms with Crippen LogP contribution in [0, 0.1) is 0 Å². The molecule has 0 saturated carbocycles. The third-order valence-corrected chi connectivity index (χ3v) is 5.39. The molecule has 0 bridgehead atoms. The third kappa shape index (κ3) is 6.70. The fourth-order valence-corrected chi connectivity index (χ4v) is 3.65. The summed E-state index contributed by atoms with van der Waals surface area (Å²) in [6.45, 7) is 4.23. The molecular weight excluding hydrogens is 501 g/mol. The minimum atomic E-state index is -4.74. The lowest BCUT2D eigenvalue weighted by Crippen LogP contribution is -2.32. The lowest BCUT2D eigenvalue weighted by Gasteiger charge is -2.22. The van der Waals surface area contributed by atoms with E-state index >= 15 is 0 Å². The number of hydrazine groups is 1. The van der Waals surface area contributed by atoms with E-state index in [1.54, 1.807) is 11.3 Å². The van der Waals surface area contributed by atoms with E-state index in [0.29, 0.717) is 17.4 Å². The number of benzene rings is 3. The van der Waals surface area contributed by atoms with Crippen LogP contribution in [-0.4, -0.2) is 32.8 Å².